The number of aromatic nitrogens is 2. The zero-order valence-electron chi connectivity index (χ0n) is 12.5. The van der Waals surface area contributed by atoms with Crippen LogP contribution in [0.15, 0.2) is 29.1 Å². The van der Waals surface area contributed by atoms with Gasteiger partial charge in [-0.05, 0) is 25.1 Å². The van der Waals surface area contributed by atoms with E-state index in [0.29, 0.717) is 22.8 Å². The molecule has 0 radical (unpaired) electrons. The van der Waals surface area contributed by atoms with Crippen molar-refractivity contribution in [1.29, 1.82) is 0 Å². The lowest BCUT2D eigenvalue weighted by Crippen LogP contribution is -2.28. The molecule has 22 heavy (non-hydrogen) atoms. The highest BCUT2D eigenvalue weighted by Gasteiger charge is 2.17. The first kappa shape index (κ1) is 15.6. The summed E-state index contributed by atoms with van der Waals surface area (Å²) in [6.07, 6.45) is 0. The maximum Gasteiger partial charge on any atom is 0.341 e. The molecule has 2 aromatic rings. The molecule has 0 saturated carbocycles. The van der Waals surface area contributed by atoms with Crippen LogP contribution in [0.1, 0.15) is 17.3 Å². The highest BCUT2D eigenvalue weighted by Crippen LogP contribution is 2.32. The number of nitrogens with zero attached hydrogens (tertiary/aromatic N) is 2. The molecule has 1 aromatic carbocycles. The number of carboxylic acid groups (broad SMARTS) is 1. The number of carboxylic acids is 1. The minimum Gasteiger partial charge on any atom is -0.497 e. The number of carbonyl (C=O) groups is 1. The van der Waals surface area contributed by atoms with Crippen LogP contribution in [0.2, 0.25) is 0 Å². The van der Waals surface area contributed by atoms with E-state index in [1.807, 2.05) is 0 Å². The molecule has 0 saturated heterocycles. The fourth-order valence-electron chi connectivity index (χ4n) is 2.05. The molecule has 0 atom stereocenters. The highest BCUT2D eigenvalue weighted by molar-refractivity contribution is 5.88. The number of aromatic carboxylic acids is 1. The Morgan fingerprint density at radius 1 is 1.27 bits per heavy atom. The molecule has 2 rings (SSSR count). The normalized spacial score (nSPS) is 10.3. The highest BCUT2D eigenvalue weighted by atomic mass is 16.5. The van der Waals surface area contributed by atoms with Gasteiger partial charge in [-0.1, -0.05) is 0 Å². The van der Waals surface area contributed by atoms with E-state index in [1.165, 1.54) is 20.3 Å². The van der Waals surface area contributed by atoms with Crippen molar-refractivity contribution in [2.75, 3.05) is 14.2 Å². The molecule has 1 heterocycles. The minimum absolute atomic E-state index is 0.269. The van der Waals surface area contributed by atoms with Gasteiger partial charge in [-0.25, -0.2) is 9.48 Å². The lowest BCUT2D eigenvalue weighted by molar-refractivity contribution is 0.0693. The third kappa shape index (κ3) is 2.78. The Morgan fingerprint density at radius 2 is 2.00 bits per heavy atom. The Kier molecular flexibility index (Phi) is 4.45. The van der Waals surface area contributed by atoms with E-state index in [-0.39, 0.29) is 12.1 Å². The van der Waals surface area contributed by atoms with Gasteiger partial charge in [0.2, 0.25) is 0 Å². The number of benzene rings is 1. The molecular formula is C15H16N2O5. The molecule has 0 unspecified atom stereocenters. The van der Waals surface area contributed by atoms with Crippen molar-refractivity contribution < 1.29 is 19.4 Å². The molecule has 116 valence electrons. The molecule has 0 fully saturated rings. The summed E-state index contributed by atoms with van der Waals surface area (Å²) in [5, 5.41) is 13.4. The molecule has 0 aliphatic carbocycles. The zero-order valence-corrected chi connectivity index (χ0v) is 12.5. The summed E-state index contributed by atoms with van der Waals surface area (Å²) in [5.41, 5.74) is -0.0395. The molecule has 0 aliphatic rings. The number of hydrogen-bond acceptors (Lipinski definition) is 5. The summed E-state index contributed by atoms with van der Waals surface area (Å²) < 4.78 is 11.5. The second-order valence-electron chi connectivity index (χ2n) is 4.44. The van der Waals surface area contributed by atoms with Crippen LogP contribution in [0.3, 0.4) is 0 Å². The predicted octanol–water partition coefficient (Wildman–Crippen LogP) is 1.65. The second-order valence-corrected chi connectivity index (χ2v) is 4.44. The molecule has 0 spiro atoms. The average molecular weight is 304 g/mol. The first-order valence-corrected chi connectivity index (χ1v) is 6.59. The molecule has 7 nitrogen and oxygen atoms in total. The Labute approximate surface area is 126 Å². The van der Waals surface area contributed by atoms with E-state index >= 15 is 0 Å². The average Bonchev–Trinajstić information content (AvgIpc) is 2.54. The van der Waals surface area contributed by atoms with Gasteiger partial charge in [0, 0.05) is 18.2 Å². The van der Waals surface area contributed by atoms with Crippen LogP contribution < -0.4 is 15.0 Å². The SMILES string of the molecule is CCn1nc(-c2ccc(OC)cc2OC)cc(C(=O)O)c1=O. The second kappa shape index (κ2) is 6.30. The van der Waals surface area contributed by atoms with Crippen molar-refractivity contribution >= 4 is 5.97 Å². The molecule has 0 amide bonds. The van der Waals surface area contributed by atoms with Gasteiger partial charge in [-0.15, -0.1) is 0 Å². The van der Waals surface area contributed by atoms with Crippen LogP contribution in [-0.4, -0.2) is 35.1 Å². The molecular weight excluding hydrogens is 288 g/mol. The Balaban J connectivity index is 2.69. The fourth-order valence-corrected chi connectivity index (χ4v) is 2.05. The van der Waals surface area contributed by atoms with Gasteiger partial charge in [-0.3, -0.25) is 4.79 Å². The maximum absolute atomic E-state index is 11.9. The van der Waals surface area contributed by atoms with Crippen LogP contribution in [-0.2, 0) is 6.54 Å². The lowest BCUT2D eigenvalue weighted by Gasteiger charge is -2.12. The molecule has 7 heteroatoms. The van der Waals surface area contributed by atoms with E-state index < -0.39 is 11.5 Å². The van der Waals surface area contributed by atoms with Crippen LogP contribution >= 0.6 is 0 Å². The fraction of sp³-hybridized carbons (Fsp3) is 0.267. The van der Waals surface area contributed by atoms with Gasteiger partial charge >= 0.3 is 5.97 Å². The van der Waals surface area contributed by atoms with E-state index in [4.69, 9.17) is 9.47 Å². The van der Waals surface area contributed by atoms with Gasteiger partial charge in [0.25, 0.3) is 5.56 Å². The van der Waals surface area contributed by atoms with Crippen molar-refractivity contribution in [3.63, 3.8) is 0 Å². The van der Waals surface area contributed by atoms with E-state index in [2.05, 4.69) is 5.10 Å². The van der Waals surface area contributed by atoms with Crippen molar-refractivity contribution in [1.82, 2.24) is 9.78 Å². The molecule has 0 bridgehead atoms. The van der Waals surface area contributed by atoms with Gasteiger partial charge < -0.3 is 14.6 Å². The van der Waals surface area contributed by atoms with Crippen molar-refractivity contribution in [3.05, 3.63) is 40.2 Å². The van der Waals surface area contributed by atoms with Crippen LogP contribution in [0.4, 0.5) is 0 Å². The van der Waals surface area contributed by atoms with Gasteiger partial charge in [-0.2, -0.15) is 5.10 Å². The van der Waals surface area contributed by atoms with E-state index in [9.17, 15) is 14.7 Å². The van der Waals surface area contributed by atoms with Crippen molar-refractivity contribution in [3.8, 4) is 22.8 Å². The molecule has 1 N–H and O–H groups in total. The first-order valence-electron chi connectivity index (χ1n) is 6.59. The van der Waals surface area contributed by atoms with E-state index in [1.54, 1.807) is 25.1 Å². The number of aryl methyl sites for hydroxylation is 1. The van der Waals surface area contributed by atoms with Crippen molar-refractivity contribution in [2.45, 2.75) is 13.5 Å². The third-order valence-corrected chi connectivity index (χ3v) is 3.19. The van der Waals surface area contributed by atoms with E-state index in [0.717, 1.165) is 4.68 Å². The maximum atomic E-state index is 11.9. The van der Waals surface area contributed by atoms with Crippen LogP contribution in [0.5, 0.6) is 11.5 Å². The summed E-state index contributed by atoms with van der Waals surface area (Å²) in [6.45, 7) is 1.99. The standard InChI is InChI=1S/C15H16N2O5/c1-4-17-14(18)11(15(19)20)8-12(16-17)10-6-5-9(21-2)7-13(10)22-3/h5-8H,4H2,1-3H3,(H,19,20). The summed E-state index contributed by atoms with van der Waals surface area (Å²) in [6, 6.07) is 6.33. The monoisotopic (exact) mass is 304 g/mol. The Bertz CT molecular complexity index is 767. The number of methoxy groups -OCH3 is 2. The zero-order chi connectivity index (χ0) is 16.3. The smallest absolute Gasteiger partial charge is 0.341 e. The van der Waals surface area contributed by atoms with Crippen LogP contribution in [0.25, 0.3) is 11.3 Å². The van der Waals surface area contributed by atoms with Crippen LogP contribution in [0, 0.1) is 0 Å². The first-order chi connectivity index (χ1) is 10.5. The topological polar surface area (TPSA) is 90.7 Å². The predicted molar refractivity (Wildman–Crippen MR) is 79.7 cm³/mol. The summed E-state index contributed by atoms with van der Waals surface area (Å²) in [7, 11) is 3.03. The summed E-state index contributed by atoms with van der Waals surface area (Å²) >= 11 is 0. The third-order valence-electron chi connectivity index (χ3n) is 3.19. The number of ether oxygens (including phenoxy) is 2. The number of rotatable bonds is 5. The number of hydrogen-bond donors (Lipinski definition) is 1. The molecule has 0 aliphatic heterocycles. The summed E-state index contributed by atoms with van der Waals surface area (Å²) in [4.78, 5) is 23.2. The van der Waals surface area contributed by atoms with Crippen molar-refractivity contribution in [2.24, 2.45) is 0 Å². The Morgan fingerprint density at radius 3 is 2.55 bits per heavy atom. The summed E-state index contributed by atoms with van der Waals surface area (Å²) in [5.74, 6) is -0.212. The van der Waals surface area contributed by atoms with Gasteiger partial charge in [0.05, 0.1) is 19.9 Å². The molecule has 1 aromatic heterocycles. The largest absolute Gasteiger partial charge is 0.497 e. The quantitative estimate of drug-likeness (QED) is 0.903. The lowest BCUT2D eigenvalue weighted by atomic mass is 10.1. The van der Waals surface area contributed by atoms with Gasteiger partial charge in [0.1, 0.15) is 17.1 Å². The Hall–Kier alpha value is -2.83. The van der Waals surface area contributed by atoms with Gasteiger partial charge in [0.15, 0.2) is 0 Å². The minimum atomic E-state index is -1.29.